The fraction of sp³-hybridized carbons (Fsp3) is 0. The van der Waals surface area contributed by atoms with E-state index in [-0.39, 0.29) is 17.5 Å². The highest BCUT2D eigenvalue weighted by Gasteiger charge is 2.07. The van der Waals surface area contributed by atoms with Crippen LogP contribution in [0.2, 0.25) is 0 Å². The monoisotopic (exact) mass is 392 g/mol. The number of hydrogen-bond donors (Lipinski definition) is 6. The summed E-state index contributed by atoms with van der Waals surface area (Å²) in [7, 11) is -4.67. The lowest BCUT2D eigenvalue weighted by atomic mass is 10.3. The molecule has 1 aromatic heterocycles. The number of nitrogens with zero attached hydrogens (tertiary/aromatic N) is 2. The van der Waals surface area contributed by atoms with Crippen LogP contribution < -0.4 is 22.5 Å². The van der Waals surface area contributed by atoms with E-state index in [1.54, 1.807) is 0 Å². The summed E-state index contributed by atoms with van der Waals surface area (Å²) >= 11 is 3.35. The topological polar surface area (TPSA) is 190 Å². The molecule has 0 saturated heterocycles. The van der Waals surface area contributed by atoms with Crippen molar-refractivity contribution in [2.75, 3.05) is 22.5 Å². The van der Waals surface area contributed by atoms with Crippen LogP contribution in [0.25, 0.3) is 0 Å². The first kappa shape index (κ1) is 17.9. The zero-order chi connectivity index (χ0) is 16.9. The van der Waals surface area contributed by atoms with Gasteiger partial charge in [-0.2, -0.15) is 18.4 Å². The number of halogens is 1. The van der Waals surface area contributed by atoms with Gasteiger partial charge < -0.3 is 22.5 Å². The fourth-order valence-electron chi connectivity index (χ4n) is 1.27. The molecule has 0 fully saturated rings. The fourth-order valence-corrected chi connectivity index (χ4v) is 1.53. The van der Waals surface area contributed by atoms with Crippen LogP contribution >= 0.6 is 15.9 Å². The van der Waals surface area contributed by atoms with E-state index in [1.807, 2.05) is 24.3 Å². The van der Waals surface area contributed by atoms with Gasteiger partial charge in [-0.25, -0.2) is 0 Å². The van der Waals surface area contributed by atoms with Crippen molar-refractivity contribution in [3.63, 3.8) is 0 Å². The third-order valence-corrected chi connectivity index (χ3v) is 2.63. The predicted octanol–water partition coefficient (Wildman–Crippen LogP) is 1.08. The number of nitrogen functional groups attached to an aromatic ring is 3. The van der Waals surface area contributed by atoms with Crippen LogP contribution in [0.3, 0.4) is 0 Å². The third-order valence-electron chi connectivity index (χ3n) is 2.10. The molecule has 10 nitrogen and oxygen atoms in total. The van der Waals surface area contributed by atoms with Gasteiger partial charge >= 0.3 is 10.4 Å². The second kappa shape index (κ2) is 7.22. The smallest absolute Gasteiger partial charge is 0.393 e. The zero-order valence-corrected chi connectivity index (χ0v) is 13.3. The molecule has 0 unspecified atom stereocenters. The van der Waals surface area contributed by atoms with Crippen molar-refractivity contribution in [3.8, 4) is 0 Å². The van der Waals surface area contributed by atoms with E-state index in [0.29, 0.717) is 5.82 Å². The maximum absolute atomic E-state index is 8.74. The molecule has 9 N–H and O–H groups in total. The first-order chi connectivity index (χ1) is 10.1. The van der Waals surface area contributed by atoms with Crippen molar-refractivity contribution < 1.29 is 17.5 Å². The van der Waals surface area contributed by atoms with E-state index in [9.17, 15) is 0 Å². The molecule has 0 aliphatic heterocycles. The van der Waals surface area contributed by atoms with E-state index in [4.69, 9.17) is 34.7 Å². The van der Waals surface area contributed by atoms with Crippen molar-refractivity contribution in [1.29, 1.82) is 0 Å². The highest BCUT2D eigenvalue weighted by Crippen LogP contribution is 2.26. The Morgan fingerprint density at radius 3 is 2.05 bits per heavy atom. The molecule has 0 aliphatic rings. The molecule has 0 amide bonds. The molecule has 0 spiro atoms. The van der Waals surface area contributed by atoms with Gasteiger partial charge in [-0.05, 0) is 24.3 Å². The molecule has 0 saturated carbocycles. The minimum atomic E-state index is -4.67. The lowest BCUT2D eigenvalue weighted by Gasteiger charge is -2.10. The highest BCUT2D eigenvalue weighted by molar-refractivity contribution is 9.10. The molecule has 0 atom stereocenters. The van der Waals surface area contributed by atoms with Crippen LogP contribution in [-0.4, -0.2) is 27.5 Å². The Morgan fingerprint density at radius 2 is 1.55 bits per heavy atom. The first-order valence-electron chi connectivity index (χ1n) is 5.47. The largest absolute Gasteiger partial charge is 0.394 e. The Hall–Kier alpha value is -2.15. The summed E-state index contributed by atoms with van der Waals surface area (Å²) in [5, 5.41) is 3.02. The second-order valence-corrected chi connectivity index (χ2v) is 5.62. The van der Waals surface area contributed by atoms with Crippen LogP contribution in [-0.2, 0) is 10.4 Å². The van der Waals surface area contributed by atoms with Gasteiger partial charge in [0.1, 0.15) is 5.69 Å². The summed E-state index contributed by atoms with van der Waals surface area (Å²) in [6.45, 7) is 0. The van der Waals surface area contributed by atoms with Crippen molar-refractivity contribution in [2.24, 2.45) is 0 Å². The number of nitrogens with two attached hydrogens (primary N) is 3. The van der Waals surface area contributed by atoms with Gasteiger partial charge in [-0.15, -0.1) is 0 Å². The van der Waals surface area contributed by atoms with Gasteiger partial charge in [0, 0.05) is 10.2 Å². The van der Waals surface area contributed by atoms with Crippen molar-refractivity contribution in [1.82, 2.24) is 9.97 Å². The number of benzene rings is 1. The maximum atomic E-state index is 8.74. The molecular formula is C10H13BrN6O4S. The van der Waals surface area contributed by atoms with Gasteiger partial charge in [-0.1, -0.05) is 15.9 Å². The number of rotatable bonds is 2. The number of anilines is 5. The average molecular weight is 393 g/mol. The lowest BCUT2D eigenvalue weighted by Crippen LogP contribution is -2.08. The van der Waals surface area contributed by atoms with E-state index in [2.05, 4.69) is 31.2 Å². The molecule has 0 aliphatic carbocycles. The van der Waals surface area contributed by atoms with Crippen molar-refractivity contribution in [3.05, 3.63) is 28.7 Å². The highest BCUT2D eigenvalue weighted by atomic mass is 79.9. The van der Waals surface area contributed by atoms with Gasteiger partial charge in [0.15, 0.2) is 11.6 Å². The van der Waals surface area contributed by atoms with Gasteiger partial charge in [0.25, 0.3) is 0 Å². The Kier molecular flexibility index (Phi) is 5.87. The minimum Gasteiger partial charge on any atom is -0.393 e. The molecule has 0 bridgehead atoms. The van der Waals surface area contributed by atoms with E-state index in [0.717, 1.165) is 10.2 Å². The van der Waals surface area contributed by atoms with Crippen molar-refractivity contribution >= 4 is 55.3 Å². The van der Waals surface area contributed by atoms with Crippen LogP contribution in [0.5, 0.6) is 0 Å². The summed E-state index contributed by atoms with van der Waals surface area (Å²) in [5.74, 6) is 0.644. The van der Waals surface area contributed by atoms with Crippen molar-refractivity contribution in [2.45, 2.75) is 0 Å². The Balaban J connectivity index is 0.000000422. The van der Waals surface area contributed by atoms with Crippen LogP contribution in [0, 0.1) is 0 Å². The average Bonchev–Trinajstić information content (AvgIpc) is 2.36. The molecule has 2 rings (SSSR count). The zero-order valence-electron chi connectivity index (χ0n) is 10.9. The van der Waals surface area contributed by atoms with E-state index in [1.165, 1.54) is 0 Å². The maximum Gasteiger partial charge on any atom is 0.394 e. The molecule has 22 heavy (non-hydrogen) atoms. The summed E-state index contributed by atoms with van der Waals surface area (Å²) in [5.41, 5.74) is 18.0. The standard InChI is InChI=1S/C10H11BrN6.H2O4S/c11-5-1-3-6(4-2-5)15-9-7(12)8(13)16-10(14)17-9;1-5(2,3)4/h1-4H,12H2,(H5,13,14,15,16,17);(H2,1,2,3,4). The second-order valence-electron chi connectivity index (χ2n) is 3.81. The van der Waals surface area contributed by atoms with Gasteiger partial charge in [0.05, 0.1) is 0 Å². The minimum absolute atomic E-state index is 0.0799. The number of nitrogens with one attached hydrogen (secondary N) is 1. The molecule has 2 aromatic rings. The molecule has 120 valence electrons. The quantitative estimate of drug-likeness (QED) is 0.402. The van der Waals surface area contributed by atoms with E-state index >= 15 is 0 Å². The van der Waals surface area contributed by atoms with Gasteiger partial charge in [0.2, 0.25) is 5.95 Å². The number of aromatic nitrogens is 2. The summed E-state index contributed by atoms with van der Waals surface area (Å²) < 4.78 is 32.6. The molecule has 1 heterocycles. The van der Waals surface area contributed by atoms with E-state index < -0.39 is 10.4 Å². The molecular weight excluding hydrogens is 380 g/mol. The summed E-state index contributed by atoms with van der Waals surface area (Å²) in [6.07, 6.45) is 0. The van der Waals surface area contributed by atoms with Crippen LogP contribution in [0.4, 0.5) is 29.0 Å². The molecule has 12 heteroatoms. The predicted molar refractivity (Wildman–Crippen MR) is 86.9 cm³/mol. The Labute approximate surface area is 134 Å². The summed E-state index contributed by atoms with van der Waals surface area (Å²) in [6, 6.07) is 7.54. The first-order valence-corrected chi connectivity index (χ1v) is 7.66. The third kappa shape index (κ3) is 6.53. The number of hydrogen-bond acceptors (Lipinski definition) is 8. The lowest BCUT2D eigenvalue weighted by molar-refractivity contribution is 0.381. The Bertz CT molecular complexity index is 745. The normalized spacial score (nSPS) is 10.5. The Morgan fingerprint density at radius 1 is 1.05 bits per heavy atom. The summed E-state index contributed by atoms with van der Waals surface area (Å²) in [4.78, 5) is 7.75. The molecule has 1 aromatic carbocycles. The van der Waals surface area contributed by atoms with Crippen LogP contribution in [0.1, 0.15) is 0 Å². The van der Waals surface area contributed by atoms with Crippen LogP contribution in [0.15, 0.2) is 28.7 Å². The molecule has 0 radical (unpaired) electrons. The van der Waals surface area contributed by atoms with Gasteiger partial charge in [-0.3, -0.25) is 9.11 Å². The SMILES string of the molecule is Nc1nc(N)c(N)c(Nc2ccc(Br)cc2)n1.O=S(=O)(O)O.